The van der Waals surface area contributed by atoms with E-state index in [9.17, 15) is 4.79 Å². The number of amides is 1. The predicted molar refractivity (Wildman–Crippen MR) is 61.1 cm³/mol. The number of carbonyl (C=O) groups is 1. The largest absolute Gasteiger partial charge is 0.465 e. The van der Waals surface area contributed by atoms with Crippen molar-refractivity contribution in [2.45, 2.75) is 0 Å². The Kier molecular flexibility index (Phi) is 3.14. The van der Waals surface area contributed by atoms with Gasteiger partial charge < -0.3 is 14.9 Å². The van der Waals surface area contributed by atoms with E-state index >= 15 is 0 Å². The van der Waals surface area contributed by atoms with Gasteiger partial charge >= 0.3 is 6.09 Å². The van der Waals surface area contributed by atoms with Crippen molar-refractivity contribution in [3.63, 3.8) is 0 Å². The van der Waals surface area contributed by atoms with Crippen molar-refractivity contribution in [3.8, 4) is 0 Å². The van der Waals surface area contributed by atoms with Crippen LogP contribution < -0.4 is 4.90 Å². The molecule has 0 atom stereocenters. The van der Waals surface area contributed by atoms with Gasteiger partial charge in [0.1, 0.15) is 0 Å². The van der Waals surface area contributed by atoms with Crippen LogP contribution in [0.15, 0.2) is 18.3 Å². The average Bonchev–Trinajstić information content (AvgIpc) is 2.30. The van der Waals surface area contributed by atoms with E-state index in [-0.39, 0.29) is 0 Å². The van der Waals surface area contributed by atoms with E-state index in [1.807, 2.05) is 12.1 Å². The molecule has 6 heteroatoms. The second-order valence-corrected chi connectivity index (χ2v) is 3.93. The van der Waals surface area contributed by atoms with E-state index in [1.54, 1.807) is 6.20 Å². The van der Waals surface area contributed by atoms with Crippen molar-refractivity contribution in [1.82, 2.24) is 9.88 Å². The van der Waals surface area contributed by atoms with Crippen LogP contribution in [0.1, 0.15) is 0 Å². The Hall–Kier alpha value is -1.49. The molecule has 0 saturated carbocycles. The van der Waals surface area contributed by atoms with Crippen LogP contribution in [-0.4, -0.2) is 47.3 Å². The van der Waals surface area contributed by atoms with Crippen LogP contribution in [0, 0.1) is 0 Å². The van der Waals surface area contributed by atoms with Gasteiger partial charge in [-0.1, -0.05) is 11.6 Å². The topological polar surface area (TPSA) is 56.7 Å². The number of nitrogens with zero attached hydrogens (tertiary/aromatic N) is 3. The molecule has 0 radical (unpaired) electrons. The van der Waals surface area contributed by atoms with Gasteiger partial charge in [-0.25, -0.2) is 9.78 Å². The van der Waals surface area contributed by atoms with Crippen molar-refractivity contribution >= 4 is 23.4 Å². The number of pyridine rings is 1. The third-order valence-electron chi connectivity index (χ3n) is 2.63. The average molecular weight is 242 g/mol. The van der Waals surface area contributed by atoms with Crippen LogP contribution in [0.3, 0.4) is 0 Å². The molecule has 2 heterocycles. The van der Waals surface area contributed by atoms with Crippen molar-refractivity contribution in [2.75, 3.05) is 31.1 Å². The Morgan fingerprint density at radius 1 is 1.38 bits per heavy atom. The van der Waals surface area contributed by atoms with Gasteiger partial charge in [-0.2, -0.15) is 0 Å². The lowest BCUT2D eigenvalue weighted by Gasteiger charge is -2.34. The van der Waals surface area contributed by atoms with E-state index in [2.05, 4.69) is 9.88 Å². The summed E-state index contributed by atoms with van der Waals surface area (Å²) in [5.41, 5.74) is 0.870. The minimum Gasteiger partial charge on any atom is -0.465 e. The number of aromatic nitrogens is 1. The van der Waals surface area contributed by atoms with E-state index < -0.39 is 6.09 Å². The van der Waals surface area contributed by atoms with Crippen molar-refractivity contribution < 1.29 is 9.90 Å². The van der Waals surface area contributed by atoms with Gasteiger partial charge in [-0.3, -0.25) is 0 Å². The highest BCUT2D eigenvalue weighted by atomic mass is 35.5. The summed E-state index contributed by atoms with van der Waals surface area (Å²) in [5.74, 6) is 0. The lowest BCUT2D eigenvalue weighted by molar-refractivity contribution is 0.142. The Balaban J connectivity index is 2.05. The maximum absolute atomic E-state index is 10.7. The van der Waals surface area contributed by atoms with Crippen LogP contribution in [0.4, 0.5) is 10.5 Å². The summed E-state index contributed by atoms with van der Waals surface area (Å²) < 4.78 is 0. The molecule has 2 rings (SSSR count). The number of piperazine rings is 1. The number of rotatable bonds is 1. The first-order valence-electron chi connectivity index (χ1n) is 5.02. The van der Waals surface area contributed by atoms with Gasteiger partial charge in [-0.05, 0) is 12.1 Å². The fraction of sp³-hybridized carbons (Fsp3) is 0.400. The highest BCUT2D eigenvalue weighted by molar-refractivity contribution is 6.32. The number of halogens is 1. The fourth-order valence-corrected chi connectivity index (χ4v) is 1.99. The molecule has 0 aromatic carbocycles. The summed E-state index contributed by atoms with van der Waals surface area (Å²) in [6.45, 7) is 2.30. The second kappa shape index (κ2) is 4.57. The quantitative estimate of drug-likeness (QED) is 0.758. The Morgan fingerprint density at radius 2 is 2.06 bits per heavy atom. The molecule has 1 fully saturated rings. The van der Waals surface area contributed by atoms with Gasteiger partial charge in [0.25, 0.3) is 0 Å². The number of anilines is 1. The zero-order chi connectivity index (χ0) is 11.5. The van der Waals surface area contributed by atoms with Crippen LogP contribution in [0.2, 0.25) is 5.15 Å². The monoisotopic (exact) mass is 241 g/mol. The van der Waals surface area contributed by atoms with Gasteiger partial charge in [0.15, 0.2) is 5.15 Å². The molecule has 0 spiro atoms. The summed E-state index contributed by atoms with van der Waals surface area (Å²) in [7, 11) is 0. The maximum Gasteiger partial charge on any atom is 0.407 e. The Bertz CT molecular complexity index is 391. The van der Waals surface area contributed by atoms with Crippen LogP contribution >= 0.6 is 11.6 Å². The van der Waals surface area contributed by atoms with Gasteiger partial charge in [0.2, 0.25) is 0 Å². The number of carboxylic acid groups (broad SMARTS) is 1. The second-order valence-electron chi connectivity index (χ2n) is 3.57. The first kappa shape index (κ1) is 11.0. The molecule has 1 N–H and O–H groups in total. The lowest BCUT2D eigenvalue weighted by atomic mass is 10.3. The summed E-state index contributed by atoms with van der Waals surface area (Å²) in [4.78, 5) is 18.2. The first-order valence-corrected chi connectivity index (χ1v) is 5.39. The van der Waals surface area contributed by atoms with E-state index in [4.69, 9.17) is 16.7 Å². The maximum atomic E-state index is 10.7. The third-order valence-corrected chi connectivity index (χ3v) is 2.92. The molecule has 1 aromatic rings. The lowest BCUT2D eigenvalue weighted by Crippen LogP contribution is -2.48. The molecule has 1 aromatic heterocycles. The predicted octanol–water partition coefficient (Wildman–Crippen LogP) is 1.54. The van der Waals surface area contributed by atoms with Gasteiger partial charge in [-0.15, -0.1) is 0 Å². The van der Waals surface area contributed by atoms with Crippen LogP contribution in [0.25, 0.3) is 0 Å². The third kappa shape index (κ3) is 2.19. The van der Waals surface area contributed by atoms with Crippen LogP contribution in [0.5, 0.6) is 0 Å². The van der Waals surface area contributed by atoms with E-state index in [0.29, 0.717) is 31.3 Å². The molecular weight excluding hydrogens is 230 g/mol. The SMILES string of the molecule is O=C(O)N1CCN(c2cccnc2Cl)CC1. The fourth-order valence-electron chi connectivity index (χ4n) is 1.75. The summed E-state index contributed by atoms with van der Waals surface area (Å²) in [6.07, 6.45) is 0.774. The van der Waals surface area contributed by atoms with E-state index in [0.717, 1.165) is 5.69 Å². The molecule has 0 bridgehead atoms. The van der Waals surface area contributed by atoms with Crippen molar-refractivity contribution in [2.24, 2.45) is 0 Å². The van der Waals surface area contributed by atoms with Gasteiger partial charge in [0, 0.05) is 32.4 Å². The molecule has 1 amide bonds. The van der Waals surface area contributed by atoms with E-state index in [1.165, 1.54) is 4.90 Å². The molecule has 86 valence electrons. The Labute approximate surface area is 98.2 Å². The molecule has 1 aliphatic heterocycles. The molecular formula is C10H12ClN3O2. The molecule has 16 heavy (non-hydrogen) atoms. The molecule has 1 aliphatic rings. The minimum atomic E-state index is -0.864. The zero-order valence-electron chi connectivity index (χ0n) is 8.64. The molecule has 0 unspecified atom stereocenters. The van der Waals surface area contributed by atoms with Crippen molar-refractivity contribution in [1.29, 1.82) is 0 Å². The Morgan fingerprint density at radius 3 is 2.62 bits per heavy atom. The van der Waals surface area contributed by atoms with Gasteiger partial charge in [0.05, 0.1) is 5.69 Å². The van der Waals surface area contributed by atoms with Crippen LogP contribution in [-0.2, 0) is 0 Å². The molecule has 5 nitrogen and oxygen atoms in total. The summed E-state index contributed by atoms with van der Waals surface area (Å²) in [6, 6.07) is 3.72. The summed E-state index contributed by atoms with van der Waals surface area (Å²) >= 11 is 5.97. The zero-order valence-corrected chi connectivity index (χ0v) is 9.39. The highest BCUT2D eigenvalue weighted by Gasteiger charge is 2.21. The minimum absolute atomic E-state index is 0.464. The number of hydrogen-bond donors (Lipinski definition) is 1. The standard InChI is InChI=1S/C10H12ClN3O2/c11-9-8(2-1-3-12-9)13-4-6-14(7-5-13)10(15)16/h1-3H,4-7H2,(H,15,16). The molecule has 1 saturated heterocycles. The number of hydrogen-bond acceptors (Lipinski definition) is 3. The normalized spacial score (nSPS) is 16.3. The highest BCUT2D eigenvalue weighted by Crippen LogP contribution is 2.23. The first-order chi connectivity index (χ1) is 7.68. The summed E-state index contributed by atoms with van der Waals surface area (Å²) in [5, 5.41) is 9.28. The van der Waals surface area contributed by atoms with Crippen molar-refractivity contribution in [3.05, 3.63) is 23.5 Å². The smallest absolute Gasteiger partial charge is 0.407 e. The molecule has 0 aliphatic carbocycles.